The lowest BCUT2D eigenvalue weighted by Crippen LogP contribution is -2.00. The molecule has 0 atom stereocenters. The summed E-state index contributed by atoms with van der Waals surface area (Å²) in [6, 6.07) is 4.75. The quantitative estimate of drug-likeness (QED) is 0.595. The molecule has 0 heterocycles. The summed E-state index contributed by atoms with van der Waals surface area (Å²) in [4.78, 5) is 0. The summed E-state index contributed by atoms with van der Waals surface area (Å²) >= 11 is 0. The van der Waals surface area contributed by atoms with Gasteiger partial charge in [-0.25, -0.2) is 0 Å². The number of nitriles is 2. The van der Waals surface area contributed by atoms with Crippen LogP contribution in [0.1, 0.15) is 55.6 Å². The Morgan fingerprint density at radius 1 is 0.565 bits per heavy atom. The summed E-state index contributed by atoms with van der Waals surface area (Å²) in [5, 5.41) is 19.1. The molecule has 0 bridgehead atoms. The molecule has 114 valence electrons. The van der Waals surface area contributed by atoms with Crippen molar-refractivity contribution in [1.29, 1.82) is 10.5 Å². The maximum atomic E-state index is 9.57. The van der Waals surface area contributed by atoms with Gasteiger partial charge >= 0.3 is 0 Å². The van der Waals surface area contributed by atoms with Gasteiger partial charge in [0.05, 0.1) is 23.3 Å². The highest BCUT2D eigenvalue weighted by molar-refractivity contribution is 5.88. The summed E-state index contributed by atoms with van der Waals surface area (Å²) in [5.74, 6) is 0. The topological polar surface area (TPSA) is 47.6 Å². The third kappa shape index (κ3) is 1.79. The van der Waals surface area contributed by atoms with Crippen molar-refractivity contribution in [3.8, 4) is 23.3 Å². The summed E-state index contributed by atoms with van der Waals surface area (Å²) in [6.45, 7) is 12.4. The van der Waals surface area contributed by atoms with Crippen LogP contribution in [0.15, 0.2) is 0 Å². The zero-order chi connectivity index (χ0) is 17.0. The van der Waals surface area contributed by atoms with Gasteiger partial charge < -0.3 is 0 Å². The second kappa shape index (κ2) is 4.97. The van der Waals surface area contributed by atoms with Gasteiger partial charge in [0.25, 0.3) is 0 Å². The fraction of sp³-hybridized carbons (Fsp3) is 0.333. The Kier molecular flexibility index (Phi) is 3.31. The zero-order valence-corrected chi connectivity index (χ0v) is 14.6. The molecular weight excluding hydrogens is 280 g/mol. The van der Waals surface area contributed by atoms with Crippen LogP contribution in [0.2, 0.25) is 0 Å². The minimum atomic E-state index is 0.783. The average Bonchev–Trinajstić information content (AvgIpc) is 2.93. The molecule has 1 aliphatic rings. The molecule has 0 radical (unpaired) electrons. The van der Waals surface area contributed by atoms with Gasteiger partial charge in [0.15, 0.2) is 0 Å². The van der Waals surface area contributed by atoms with E-state index in [0.717, 1.165) is 39.8 Å². The Morgan fingerprint density at radius 3 is 1.22 bits per heavy atom. The minimum Gasteiger partial charge on any atom is -0.192 e. The van der Waals surface area contributed by atoms with Crippen LogP contribution in [0.25, 0.3) is 11.1 Å². The highest BCUT2D eigenvalue weighted by Gasteiger charge is 2.30. The van der Waals surface area contributed by atoms with E-state index >= 15 is 0 Å². The second-order valence-corrected chi connectivity index (χ2v) is 6.61. The molecule has 0 aromatic heterocycles. The molecule has 1 aliphatic carbocycles. The van der Waals surface area contributed by atoms with E-state index in [2.05, 4.69) is 26.0 Å². The van der Waals surface area contributed by atoms with Crippen molar-refractivity contribution < 1.29 is 0 Å². The van der Waals surface area contributed by atoms with Gasteiger partial charge in [0.1, 0.15) is 0 Å². The lowest BCUT2D eigenvalue weighted by Gasteiger charge is -2.17. The molecular formula is C21H20N2. The third-order valence-corrected chi connectivity index (χ3v) is 5.71. The van der Waals surface area contributed by atoms with Crippen molar-refractivity contribution in [3.63, 3.8) is 0 Å². The Labute approximate surface area is 138 Å². The molecule has 0 spiro atoms. The molecule has 0 unspecified atom stereocenters. The molecule has 2 aromatic carbocycles. The Hall–Kier alpha value is -2.58. The first kappa shape index (κ1) is 15.3. The van der Waals surface area contributed by atoms with Crippen LogP contribution in [0.5, 0.6) is 0 Å². The zero-order valence-electron chi connectivity index (χ0n) is 14.6. The average molecular weight is 300 g/mol. The van der Waals surface area contributed by atoms with Crippen LogP contribution in [0, 0.1) is 64.2 Å². The molecule has 3 rings (SSSR count). The maximum absolute atomic E-state index is 9.57. The molecule has 0 saturated carbocycles. The van der Waals surface area contributed by atoms with Crippen LogP contribution in [-0.4, -0.2) is 0 Å². The molecule has 23 heavy (non-hydrogen) atoms. The van der Waals surface area contributed by atoms with Crippen LogP contribution in [0.3, 0.4) is 0 Å². The molecule has 0 aliphatic heterocycles. The lowest BCUT2D eigenvalue weighted by molar-refractivity contribution is 1.13. The van der Waals surface area contributed by atoms with Crippen molar-refractivity contribution in [3.05, 3.63) is 55.6 Å². The van der Waals surface area contributed by atoms with Crippen LogP contribution in [0.4, 0.5) is 0 Å². The van der Waals surface area contributed by atoms with Crippen LogP contribution < -0.4 is 0 Å². The van der Waals surface area contributed by atoms with Gasteiger partial charge in [-0.3, -0.25) is 0 Å². The Morgan fingerprint density at radius 2 is 0.913 bits per heavy atom. The van der Waals surface area contributed by atoms with Crippen molar-refractivity contribution >= 4 is 0 Å². The molecule has 0 fully saturated rings. The molecule has 2 aromatic rings. The first-order valence-corrected chi connectivity index (χ1v) is 7.90. The van der Waals surface area contributed by atoms with E-state index in [1.165, 1.54) is 33.4 Å². The van der Waals surface area contributed by atoms with Crippen LogP contribution in [-0.2, 0) is 6.42 Å². The standard InChI is InChI=1S/C21H20N2/c1-10-12(3)18(8-22)14(5)20-16(10)7-17-11(2)13(4)19(9-23)15(6)21(17)20/h7H2,1-6H3. The van der Waals surface area contributed by atoms with Crippen molar-refractivity contribution in [2.45, 2.75) is 48.0 Å². The minimum absolute atomic E-state index is 0.783. The van der Waals surface area contributed by atoms with Crippen molar-refractivity contribution in [1.82, 2.24) is 0 Å². The van der Waals surface area contributed by atoms with Gasteiger partial charge in [0, 0.05) is 0 Å². The van der Waals surface area contributed by atoms with Crippen molar-refractivity contribution in [2.75, 3.05) is 0 Å². The monoisotopic (exact) mass is 300 g/mol. The first-order chi connectivity index (χ1) is 10.8. The third-order valence-electron chi connectivity index (χ3n) is 5.71. The molecule has 0 N–H and O–H groups in total. The predicted octanol–water partition coefficient (Wildman–Crippen LogP) is 4.85. The van der Waals surface area contributed by atoms with Crippen molar-refractivity contribution in [2.24, 2.45) is 0 Å². The Balaban J connectivity index is 2.53. The Bertz CT molecular complexity index is 884. The van der Waals surface area contributed by atoms with E-state index in [-0.39, 0.29) is 0 Å². The number of hydrogen-bond donors (Lipinski definition) is 0. The SMILES string of the molecule is Cc1c(C)c2c(c(C)c1C#N)-c1c(C)c(C#N)c(C)c(C)c1C2. The van der Waals surface area contributed by atoms with Gasteiger partial charge in [-0.1, -0.05) is 0 Å². The molecule has 0 saturated heterocycles. The highest BCUT2D eigenvalue weighted by Crippen LogP contribution is 2.47. The maximum Gasteiger partial charge on any atom is 0.0997 e. The van der Waals surface area contributed by atoms with Gasteiger partial charge in [-0.15, -0.1) is 0 Å². The van der Waals surface area contributed by atoms with E-state index in [4.69, 9.17) is 0 Å². The largest absolute Gasteiger partial charge is 0.192 e. The lowest BCUT2D eigenvalue weighted by atomic mass is 9.85. The predicted molar refractivity (Wildman–Crippen MR) is 92.5 cm³/mol. The number of rotatable bonds is 0. The van der Waals surface area contributed by atoms with Gasteiger partial charge in [-0.05, 0) is 104 Å². The number of nitrogens with zero attached hydrogens (tertiary/aromatic N) is 2. The molecule has 2 heteroatoms. The summed E-state index contributed by atoms with van der Waals surface area (Å²) in [6.07, 6.45) is 0.906. The number of hydrogen-bond acceptors (Lipinski definition) is 2. The fourth-order valence-corrected chi connectivity index (χ4v) is 4.10. The number of benzene rings is 2. The van der Waals surface area contributed by atoms with E-state index in [1.807, 2.05) is 27.7 Å². The molecule has 2 nitrogen and oxygen atoms in total. The number of fused-ring (bicyclic) bond motifs is 3. The van der Waals surface area contributed by atoms with Gasteiger partial charge in [0.2, 0.25) is 0 Å². The first-order valence-electron chi connectivity index (χ1n) is 7.90. The normalized spacial score (nSPS) is 11.7. The highest BCUT2D eigenvalue weighted by atomic mass is 14.4. The molecule has 0 amide bonds. The fourth-order valence-electron chi connectivity index (χ4n) is 4.10. The summed E-state index contributed by atoms with van der Waals surface area (Å²) < 4.78 is 0. The van der Waals surface area contributed by atoms with Crippen LogP contribution >= 0.6 is 0 Å². The van der Waals surface area contributed by atoms with E-state index in [1.54, 1.807) is 0 Å². The smallest absolute Gasteiger partial charge is 0.0997 e. The summed E-state index contributed by atoms with van der Waals surface area (Å²) in [5.41, 5.74) is 13.3. The second-order valence-electron chi connectivity index (χ2n) is 6.61. The van der Waals surface area contributed by atoms with E-state index in [9.17, 15) is 10.5 Å². The van der Waals surface area contributed by atoms with E-state index < -0.39 is 0 Å². The van der Waals surface area contributed by atoms with E-state index in [0.29, 0.717) is 0 Å². The van der Waals surface area contributed by atoms with Gasteiger partial charge in [-0.2, -0.15) is 10.5 Å². The summed E-state index contributed by atoms with van der Waals surface area (Å²) in [7, 11) is 0.